The summed E-state index contributed by atoms with van der Waals surface area (Å²) >= 11 is 0. The first-order valence-electron chi connectivity index (χ1n) is 13.9. The van der Waals surface area contributed by atoms with Crippen LogP contribution in [0.4, 0.5) is 26.3 Å². The fraction of sp³-hybridized carbons (Fsp3) is 0.600. The molecule has 0 saturated carbocycles. The molecule has 0 bridgehead atoms. The van der Waals surface area contributed by atoms with E-state index in [1.165, 1.54) is 6.92 Å². The Morgan fingerprint density at radius 1 is 0.925 bits per heavy atom. The minimum absolute atomic E-state index is 0.135. The first-order chi connectivity index (χ1) is 18.9. The lowest BCUT2D eigenvalue weighted by atomic mass is 9.77. The van der Waals surface area contributed by atoms with Crippen molar-refractivity contribution in [3.05, 3.63) is 70.8 Å². The second-order valence-electron chi connectivity index (χ2n) is 11.4. The average molecular weight is 572 g/mol. The van der Waals surface area contributed by atoms with Gasteiger partial charge in [-0.3, -0.25) is 0 Å². The highest BCUT2D eigenvalue weighted by atomic mass is 19.4. The topological polar surface area (TPSA) is 30.9 Å². The van der Waals surface area contributed by atoms with Crippen molar-refractivity contribution in [3.8, 4) is 0 Å². The van der Waals surface area contributed by atoms with E-state index in [2.05, 4.69) is 4.90 Å². The molecular weight excluding hydrogens is 536 g/mol. The van der Waals surface area contributed by atoms with Crippen LogP contribution in [0.2, 0.25) is 0 Å². The number of halogens is 6. The highest BCUT2D eigenvalue weighted by Crippen LogP contribution is 2.43. The van der Waals surface area contributed by atoms with Crippen LogP contribution in [0.3, 0.4) is 0 Å². The van der Waals surface area contributed by atoms with Gasteiger partial charge in [0.1, 0.15) is 0 Å². The summed E-state index contributed by atoms with van der Waals surface area (Å²) < 4.78 is 98.7. The normalized spacial score (nSPS) is 26.7. The van der Waals surface area contributed by atoms with Gasteiger partial charge in [-0.25, -0.2) is 0 Å². The van der Waals surface area contributed by atoms with Crippen LogP contribution in [-0.4, -0.2) is 50.6 Å². The van der Waals surface area contributed by atoms with Gasteiger partial charge < -0.3 is 19.1 Å². The molecule has 3 aliphatic rings. The van der Waals surface area contributed by atoms with Gasteiger partial charge in [0, 0.05) is 19.1 Å². The molecule has 0 aromatic heterocycles. The Morgan fingerprint density at radius 2 is 1.57 bits per heavy atom. The van der Waals surface area contributed by atoms with Crippen molar-refractivity contribution in [1.29, 1.82) is 0 Å². The van der Waals surface area contributed by atoms with Gasteiger partial charge in [0.05, 0.1) is 30.4 Å². The van der Waals surface area contributed by atoms with E-state index in [9.17, 15) is 26.3 Å². The summed E-state index contributed by atoms with van der Waals surface area (Å²) in [4.78, 5) is 2.46. The molecule has 0 aliphatic carbocycles. The monoisotopic (exact) mass is 571 g/mol. The minimum atomic E-state index is -4.92. The van der Waals surface area contributed by atoms with Crippen LogP contribution < -0.4 is 0 Å². The number of hydrogen-bond acceptors (Lipinski definition) is 4. The predicted octanol–water partition coefficient (Wildman–Crippen LogP) is 7.45. The standard InChI is InChI=1S/C30H35F6NO3/c1-20(23-15-24(29(31,32)33)17-25(16-23)30(34,35)36)40-27-26(21-5-3-2-4-6-21)22(7-13-39-27)18-37-11-8-28(9-12-37)10-14-38-19-28/h2-6,15-17,20,22,26-27H,7-14,18-19H2,1H3. The summed E-state index contributed by atoms with van der Waals surface area (Å²) in [5.74, 6) is -0.0783. The van der Waals surface area contributed by atoms with E-state index >= 15 is 0 Å². The zero-order valence-corrected chi connectivity index (χ0v) is 22.4. The van der Waals surface area contributed by atoms with Crippen LogP contribution in [0.15, 0.2) is 48.5 Å². The first kappa shape index (κ1) is 29.4. The predicted molar refractivity (Wildman–Crippen MR) is 137 cm³/mol. The third-order valence-electron chi connectivity index (χ3n) is 8.77. The van der Waals surface area contributed by atoms with Crippen LogP contribution >= 0.6 is 0 Å². The van der Waals surface area contributed by atoms with Crippen LogP contribution in [-0.2, 0) is 26.6 Å². The SMILES string of the molecule is CC(OC1OCCC(CN2CCC3(CCOC3)CC2)C1c1ccccc1)c1cc(C(F)(F)F)cc(C(F)(F)F)c1. The van der Waals surface area contributed by atoms with E-state index in [0.717, 1.165) is 76.2 Å². The molecule has 3 aliphatic heterocycles. The van der Waals surface area contributed by atoms with Crippen molar-refractivity contribution in [2.24, 2.45) is 11.3 Å². The third-order valence-corrected chi connectivity index (χ3v) is 8.77. The molecule has 40 heavy (non-hydrogen) atoms. The van der Waals surface area contributed by atoms with Crippen molar-refractivity contribution in [2.75, 3.05) is 39.5 Å². The molecule has 4 atom stereocenters. The largest absolute Gasteiger partial charge is 0.416 e. The van der Waals surface area contributed by atoms with Crippen molar-refractivity contribution >= 4 is 0 Å². The number of benzene rings is 2. The molecule has 1 spiro atoms. The van der Waals surface area contributed by atoms with Gasteiger partial charge in [-0.05, 0) is 86.4 Å². The molecule has 0 amide bonds. The van der Waals surface area contributed by atoms with E-state index in [4.69, 9.17) is 14.2 Å². The van der Waals surface area contributed by atoms with E-state index in [-0.39, 0.29) is 28.9 Å². The summed E-state index contributed by atoms with van der Waals surface area (Å²) in [6.45, 7) is 6.26. The summed E-state index contributed by atoms with van der Waals surface area (Å²) in [6, 6.07) is 11.3. The number of piperidine rings is 1. The van der Waals surface area contributed by atoms with E-state index < -0.39 is 35.9 Å². The molecular formula is C30H35F6NO3. The molecule has 220 valence electrons. The molecule has 10 heteroatoms. The zero-order valence-electron chi connectivity index (χ0n) is 22.4. The molecule has 2 aromatic carbocycles. The molecule has 3 saturated heterocycles. The maximum absolute atomic E-state index is 13.5. The van der Waals surface area contributed by atoms with Gasteiger partial charge in [0.2, 0.25) is 0 Å². The lowest BCUT2D eigenvalue weighted by molar-refractivity contribution is -0.210. The Labute approximate surface area is 230 Å². The van der Waals surface area contributed by atoms with Gasteiger partial charge in [-0.1, -0.05) is 30.3 Å². The van der Waals surface area contributed by atoms with Crippen molar-refractivity contribution < 1.29 is 40.6 Å². The zero-order chi connectivity index (χ0) is 28.5. The molecule has 4 unspecified atom stereocenters. The second-order valence-corrected chi connectivity index (χ2v) is 11.4. The van der Waals surface area contributed by atoms with Gasteiger partial charge >= 0.3 is 12.4 Å². The molecule has 5 rings (SSSR count). The Kier molecular flexibility index (Phi) is 8.53. The molecule has 0 N–H and O–H groups in total. The number of nitrogens with zero attached hydrogens (tertiary/aromatic N) is 1. The number of likely N-dealkylation sites (tertiary alicyclic amines) is 1. The maximum atomic E-state index is 13.5. The maximum Gasteiger partial charge on any atom is 0.416 e. The summed E-state index contributed by atoms with van der Waals surface area (Å²) in [5.41, 5.74) is -1.65. The fourth-order valence-corrected chi connectivity index (χ4v) is 6.35. The Balaban J connectivity index is 1.36. The van der Waals surface area contributed by atoms with Gasteiger partial charge in [0.15, 0.2) is 6.29 Å². The molecule has 4 nitrogen and oxygen atoms in total. The molecule has 3 fully saturated rings. The van der Waals surface area contributed by atoms with Gasteiger partial charge in [-0.2, -0.15) is 26.3 Å². The van der Waals surface area contributed by atoms with Crippen molar-refractivity contribution in [2.45, 2.75) is 63.3 Å². The summed E-state index contributed by atoms with van der Waals surface area (Å²) in [5, 5.41) is 0. The van der Waals surface area contributed by atoms with Crippen LogP contribution in [0, 0.1) is 11.3 Å². The Hall–Kier alpha value is -2.14. The highest BCUT2D eigenvalue weighted by Gasteiger charge is 2.42. The van der Waals surface area contributed by atoms with Gasteiger partial charge in [-0.15, -0.1) is 0 Å². The first-order valence-corrected chi connectivity index (χ1v) is 13.9. The number of alkyl halides is 6. The number of hydrogen-bond donors (Lipinski definition) is 0. The molecule has 3 heterocycles. The van der Waals surface area contributed by atoms with Crippen LogP contribution in [0.5, 0.6) is 0 Å². The van der Waals surface area contributed by atoms with Crippen molar-refractivity contribution in [3.63, 3.8) is 0 Å². The van der Waals surface area contributed by atoms with E-state index in [1.54, 1.807) is 0 Å². The lowest BCUT2D eigenvalue weighted by Crippen LogP contribution is -2.46. The Morgan fingerprint density at radius 3 is 2.15 bits per heavy atom. The number of rotatable bonds is 6. The van der Waals surface area contributed by atoms with Gasteiger partial charge in [0.25, 0.3) is 0 Å². The molecule has 2 aromatic rings. The van der Waals surface area contributed by atoms with E-state index in [1.807, 2.05) is 30.3 Å². The fourth-order valence-electron chi connectivity index (χ4n) is 6.35. The quantitative estimate of drug-likeness (QED) is 0.337. The third kappa shape index (κ3) is 6.66. The second kappa shape index (κ2) is 11.6. The van der Waals surface area contributed by atoms with Crippen LogP contribution in [0.25, 0.3) is 0 Å². The smallest absolute Gasteiger partial charge is 0.381 e. The van der Waals surface area contributed by atoms with E-state index in [0.29, 0.717) is 6.61 Å². The van der Waals surface area contributed by atoms with Crippen LogP contribution in [0.1, 0.15) is 66.9 Å². The Bertz CT molecular complexity index is 1090. The average Bonchev–Trinajstić information content (AvgIpc) is 3.37. The minimum Gasteiger partial charge on any atom is -0.381 e. The number of ether oxygens (including phenoxy) is 3. The summed E-state index contributed by atoms with van der Waals surface area (Å²) in [6.07, 6.45) is -7.68. The summed E-state index contributed by atoms with van der Waals surface area (Å²) in [7, 11) is 0. The highest BCUT2D eigenvalue weighted by molar-refractivity contribution is 5.35. The lowest BCUT2D eigenvalue weighted by Gasteiger charge is -2.44. The molecule has 0 radical (unpaired) electrons. The van der Waals surface area contributed by atoms with Crippen molar-refractivity contribution in [1.82, 2.24) is 4.90 Å².